The summed E-state index contributed by atoms with van der Waals surface area (Å²) in [5, 5.41) is 0. The molecule has 7 heteroatoms. The summed E-state index contributed by atoms with van der Waals surface area (Å²) in [5.41, 5.74) is 0.681. The molecule has 0 atom stereocenters. The first kappa shape index (κ1) is 13.7. The largest absolute Gasteiger partial charge is 0.454 e. The number of aromatic nitrogens is 1. The standard InChI is InChI=1S/C14H10BrNO5/c15-9-4-10(16-5-9)14(18)19-6-11(17)8-1-2-12-13(3-8)21-7-20-12/h1-5,16H,6-7H2. The maximum Gasteiger partial charge on any atom is 0.355 e. The fourth-order valence-corrected chi connectivity index (χ4v) is 2.19. The maximum absolute atomic E-state index is 12.0. The molecule has 2 heterocycles. The fraction of sp³-hybridized carbons (Fsp3) is 0.143. The van der Waals surface area contributed by atoms with Crippen LogP contribution in [0.1, 0.15) is 20.8 Å². The Bertz CT molecular complexity index is 709. The van der Waals surface area contributed by atoms with Crippen molar-refractivity contribution in [2.24, 2.45) is 0 Å². The van der Waals surface area contributed by atoms with E-state index in [-0.39, 0.29) is 24.9 Å². The molecule has 0 radical (unpaired) electrons. The third-order valence-electron chi connectivity index (χ3n) is 2.90. The number of hydrogen-bond acceptors (Lipinski definition) is 5. The van der Waals surface area contributed by atoms with Gasteiger partial charge in [-0.25, -0.2) is 4.79 Å². The zero-order valence-electron chi connectivity index (χ0n) is 10.7. The van der Waals surface area contributed by atoms with Crippen molar-refractivity contribution in [2.75, 3.05) is 13.4 Å². The lowest BCUT2D eigenvalue weighted by Gasteiger charge is -2.04. The molecule has 0 aliphatic carbocycles. The SMILES string of the molecule is O=C(COC(=O)c1cc(Br)c[nH]1)c1ccc2c(c1)OCO2. The van der Waals surface area contributed by atoms with Gasteiger partial charge >= 0.3 is 5.97 Å². The summed E-state index contributed by atoms with van der Waals surface area (Å²) in [6.45, 7) is -0.196. The van der Waals surface area contributed by atoms with Gasteiger partial charge < -0.3 is 19.2 Å². The Morgan fingerprint density at radius 1 is 1.24 bits per heavy atom. The number of carbonyl (C=O) groups excluding carboxylic acids is 2. The van der Waals surface area contributed by atoms with Gasteiger partial charge in [0.05, 0.1) is 0 Å². The minimum atomic E-state index is -0.588. The van der Waals surface area contributed by atoms with Crippen molar-refractivity contribution in [1.82, 2.24) is 4.98 Å². The van der Waals surface area contributed by atoms with Gasteiger partial charge in [0.1, 0.15) is 5.69 Å². The van der Waals surface area contributed by atoms with Crippen LogP contribution in [0.2, 0.25) is 0 Å². The molecule has 2 aromatic rings. The van der Waals surface area contributed by atoms with Crippen LogP contribution in [0.4, 0.5) is 0 Å². The first-order valence-corrected chi connectivity index (χ1v) is 6.86. The van der Waals surface area contributed by atoms with E-state index in [2.05, 4.69) is 20.9 Å². The van der Waals surface area contributed by atoms with Crippen LogP contribution in [-0.4, -0.2) is 30.1 Å². The van der Waals surface area contributed by atoms with E-state index in [4.69, 9.17) is 14.2 Å². The van der Waals surface area contributed by atoms with E-state index in [0.29, 0.717) is 17.1 Å². The number of ether oxygens (including phenoxy) is 3. The van der Waals surface area contributed by atoms with E-state index in [9.17, 15) is 9.59 Å². The minimum Gasteiger partial charge on any atom is -0.454 e. The number of rotatable bonds is 4. The molecule has 1 aromatic heterocycles. The number of fused-ring (bicyclic) bond motifs is 1. The molecule has 108 valence electrons. The Hall–Kier alpha value is -2.28. The van der Waals surface area contributed by atoms with Gasteiger partial charge in [-0.05, 0) is 40.2 Å². The Balaban J connectivity index is 1.63. The molecule has 21 heavy (non-hydrogen) atoms. The second-order valence-electron chi connectivity index (χ2n) is 4.30. The number of ketones is 1. The molecule has 1 aromatic carbocycles. The molecule has 1 aliphatic heterocycles. The lowest BCUT2D eigenvalue weighted by atomic mass is 10.1. The van der Waals surface area contributed by atoms with E-state index in [0.717, 1.165) is 4.47 Å². The summed E-state index contributed by atoms with van der Waals surface area (Å²) in [7, 11) is 0. The van der Waals surface area contributed by atoms with Crippen LogP contribution in [0.15, 0.2) is 34.9 Å². The molecular weight excluding hydrogens is 342 g/mol. The molecule has 0 saturated heterocycles. The molecule has 0 saturated carbocycles. The van der Waals surface area contributed by atoms with E-state index in [1.807, 2.05) is 0 Å². The molecular formula is C14H10BrNO5. The Morgan fingerprint density at radius 3 is 2.81 bits per heavy atom. The van der Waals surface area contributed by atoms with Gasteiger partial charge in [0.2, 0.25) is 6.79 Å². The zero-order valence-corrected chi connectivity index (χ0v) is 12.3. The quantitative estimate of drug-likeness (QED) is 0.676. The average Bonchev–Trinajstić information content (AvgIpc) is 3.12. The van der Waals surface area contributed by atoms with E-state index >= 15 is 0 Å². The molecule has 1 N–H and O–H groups in total. The van der Waals surface area contributed by atoms with E-state index in [1.54, 1.807) is 30.5 Å². The smallest absolute Gasteiger partial charge is 0.355 e. The monoisotopic (exact) mass is 351 g/mol. The third-order valence-corrected chi connectivity index (χ3v) is 3.35. The summed E-state index contributed by atoms with van der Waals surface area (Å²) in [6.07, 6.45) is 1.61. The minimum absolute atomic E-state index is 0.143. The van der Waals surface area contributed by atoms with Crippen molar-refractivity contribution in [1.29, 1.82) is 0 Å². The highest BCUT2D eigenvalue weighted by atomic mass is 79.9. The summed E-state index contributed by atoms with van der Waals surface area (Å²) in [4.78, 5) is 26.4. The number of carbonyl (C=O) groups is 2. The molecule has 3 rings (SSSR count). The summed E-state index contributed by atoms with van der Waals surface area (Å²) in [5.74, 6) is 0.210. The second kappa shape index (κ2) is 5.61. The first-order valence-electron chi connectivity index (χ1n) is 6.07. The summed E-state index contributed by atoms with van der Waals surface area (Å²) >= 11 is 3.21. The molecule has 1 aliphatic rings. The number of esters is 1. The Kier molecular flexibility index (Phi) is 3.66. The van der Waals surface area contributed by atoms with Gasteiger partial charge in [-0.1, -0.05) is 0 Å². The van der Waals surface area contributed by atoms with Crippen LogP contribution >= 0.6 is 15.9 Å². The highest BCUT2D eigenvalue weighted by Crippen LogP contribution is 2.32. The van der Waals surface area contributed by atoms with Gasteiger partial charge in [-0.15, -0.1) is 0 Å². The molecule has 6 nitrogen and oxygen atoms in total. The van der Waals surface area contributed by atoms with Crippen LogP contribution in [0.5, 0.6) is 11.5 Å². The van der Waals surface area contributed by atoms with Crippen LogP contribution in [0.3, 0.4) is 0 Å². The van der Waals surface area contributed by atoms with Crippen LogP contribution in [-0.2, 0) is 4.74 Å². The lowest BCUT2D eigenvalue weighted by Crippen LogP contribution is -2.14. The number of Topliss-reactive ketones (excluding diaryl/α,β-unsaturated/α-hetero) is 1. The number of H-pyrrole nitrogens is 1. The summed E-state index contributed by atoms with van der Waals surface area (Å²) < 4.78 is 16.1. The number of aromatic amines is 1. The van der Waals surface area contributed by atoms with Crippen molar-refractivity contribution in [3.8, 4) is 11.5 Å². The molecule has 0 bridgehead atoms. The predicted octanol–water partition coefficient (Wildman–Crippen LogP) is 2.55. The summed E-state index contributed by atoms with van der Waals surface area (Å²) in [6, 6.07) is 6.41. The highest BCUT2D eigenvalue weighted by Gasteiger charge is 2.18. The maximum atomic E-state index is 12.0. The Morgan fingerprint density at radius 2 is 2.05 bits per heavy atom. The zero-order chi connectivity index (χ0) is 14.8. The fourth-order valence-electron chi connectivity index (χ4n) is 1.85. The van der Waals surface area contributed by atoms with Crippen LogP contribution in [0.25, 0.3) is 0 Å². The number of nitrogens with one attached hydrogen (secondary N) is 1. The van der Waals surface area contributed by atoms with Crippen LogP contribution in [0, 0.1) is 0 Å². The third kappa shape index (κ3) is 2.92. The van der Waals surface area contributed by atoms with Crippen molar-refractivity contribution >= 4 is 27.7 Å². The number of halogens is 1. The van der Waals surface area contributed by atoms with Crippen molar-refractivity contribution < 1.29 is 23.8 Å². The number of hydrogen-bond donors (Lipinski definition) is 1. The number of benzene rings is 1. The van der Waals surface area contributed by atoms with Crippen molar-refractivity contribution in [2.45, 2.75) is 0 Å². The van der Waals surface area contributed by atoms with Gasteiger partial charge in [0.25, 0.3) is 0 Å². The normalized spacial score (nSPS) is 12.2. The molecule has 0 unspecified atom stereocenters. The molecule has 0 fully saturated rings. The van der Waals surface area contributed by atoms with E-state index in [1.165, 1.54) is 0 Å². The van der Waals surface area contributed by atoms with E-state index < -0.39 is 5.97 Å². The predicted molar refractivity (Wildman–Crippen MR) is 75.7 cm³/mol. The molecule has 0 amide bonds. The molecule has 0 spiro atoms. The van der Waals surface area contributed by atoms with Crippen molar-refractivity contribution in [3.63, 3.8) is 0 Å². The average molecular weight is 352 g/mol. The Labute approximate surface area is 128 Å². The highest BCUT2D eigenvalue weighted by molar-refractivity contribution is 9.10. The van der Waals surface area contributed by atoms with Crippen molar-refractivity contribution in [3.05, 3.63) is 46.2 Å². The lowest BCUT2D eigenvalue weighted by molar-refractivity contribution is 0.0469. The first-order chi connectivity index (χ1) is 10.1. The van der Waals surface area contributed by atoms with Gasteiger partial charge in [0, 0.05) is 16.2 Å². The topological polar surface area (TPSA) is 77.6 Å². The second-order valence-corrected chi connectivity index (χ2v) is 5.21. The van der Waals surface area contributed by atoms with Gasteiger partial charge in [-0.3, -0.25) is 4.79 Å². The van der Waals surface area contributed by atoms with Gasteiger partial charge in [-0.2, -0.15) is 0 Å². The van der Waals surface area contributed by atoms with Gasteiger partial charge in [0.15, 0.2) is 23.9 Å². The van der Waals surface area contributed by atoms with Crippen LogP contribution < -0.4 is 9.47 Å².